The molecule has 134 valence electrons. The van der Waals surface area contributed by atoms with Crippen LogP contribution in [0.3, 0.4) is 0 Å². The van der Waals surface area contributed by atoms with Gasteiger partial charge in [0.2, 0.25) is 0 Å². The van der Waals surface area contributed by atoms with E-state index in [0.717, 1.165) is 11.8 Å². The Kier molecular flexibility index (Phi) is 4.08. The van der Waals surface area contributed by atoms with Crippen molar-refractivity contribution in [3.8, 4) is 0 Å². The largest absolute Gasteiger partial charge is 0.0841 e. The van der Waals surface area contributed by atoms with Gasteiger partial charge in [0.25, 0.3) is 0 Å². The molecule has 0 aromatic rings. The summed E-state index contributed by atoms with van der Waals surface area (Å²) in [6, 6.07) is 0. The third-order valence-electron chi connectivity index (χ3n) is 7.49. The minimum atomic E-state index is 0.359. The zero-order valence-electron chi connectivity index (χ0n) is 15.7. The Bertz CT molecular complexity index is 853. The van der Waals surface area contributed by atoms with Gasteiger partial charge in [0.05, 0.1) is 0 Å². The van der Waals surface area contributed by atoms with E-state index in [-0.39, 0.29) is 0 Å². The maximum Gasteiger partial charge on any atom is 0.0165 e. The second-order valence-corrected chi connectivity index (χ2v) is 10.1. The van der Waals surface area contributed by atoms with Gasteiger partial charge in [0, 0.05) is 15.4 Å². The zero-order valence-corrected chi connectivity index (χ0v) is 17.9. The van der Waals surface area contributed by atoms with E-state index in [1.165, 1.54) is 34.8 Å². The summed E-state index contributed by atoms with van der Waals surface area (Å²) in [7, 11) is 0. The van der Waals surface area contributed by atoms with Gasteiger partial charge >= 0.3 is 0 Å². The van der Waals surface area contributed by atoms with Gasteiger partial charge < -0.3 is 0 Å². The molecule has 0 radical (unpaired) electrons. The summed E-state index contributed by atoms with van der Waals surface area (Å²) in [5.74, 6) is 2.62. The second kappa shape index (κ2) is 6.22. The predicted octanol–water partition coefficient (Wildman–Crippen LogP) is 7.24. The summed E-state index contributed by atoms with van der Waals surface area (Å²) in [5, 5.41) is 0. The first kappa shape index (κ1) is 17.0. The first-order chi connectivity index (χ1) is 12.6. The van der Waals surface area contributed by atoms with Crippen LogP contribution in [-0.4, -0.2) is 0 Å². The van der Waals surface area contributed by atoms with E-state index in [4.69, 9.17) is 0 Å². The Morgan fingerprint density at radius 3 is 2.77 bits per heavy atom. The van der Waals surface area contributed by atoms with E-state index in [2.05, 4.69) is 91.1 Å². The third-order valence-corrected chi connectivity index (χ3v) is 8.47. The van der Waals surface area contributed by atoms with Gasteiger partial charge in [-0.25, -0.2) is 0 Å². The molecule has 0 bridgehead atoms. The average Bonchev–Trinajstić information content (AvgIpc) is 2.90. The van der Waals surface area contributed by atoms with Gasteiger partial charge in [-0.15, -0.1) is 0 Å². The Morgan fingerprint density at radius 2 is 1.88 bits per heavy atom. The van der Waals surface area contributed by atoms with Gasteiger partial charge in [-0.05, 0) is 76.7 Å². The monoisotopic (exact) mass is 454 g/mol. The summed E-state index contributed by atoms with van der Waals surface area (Å²) in [6.45, 7) is 5.03. The van der Waals surface area contributed by atoms with Crippen molar-refractivity contribution in [2.45, 2.75) is 39.5 Å². The quantitative estimate of drug-likeness (QED) is 0.289. The standard InChI is InChI=1S/C25H27I/c1-25(2)22-10-6-5-8-19(22)20-12-11-16(15-23(20)25)17-13-14-24(26)21-9-4-3-7-18(17)21/h3-5,7-9,11,13-14,17-18,20,23H,6,10,12,15H2,1-2H3/t17?,18?,20-,23?/m1/s1. The van der Waals surface area contributed by atoms with Crippen LogP contribution in [0.4, 0.5) is 0 Å². The lowest BCUT2D eigenvalue weighted by molar-refractivity contribution is 0.214. The fourth-order valence-electron chi connectivity index (χ4n) is 6.11. The predicted molar refractivity (Wildman–Crippen MR) is 119 cm³/mol. The van der Waals surface area contributed by atoms with Crippen molar-refractivity contribution >= 4 is 22.6 Å². The van der Waals surface area contributed by atoms with Crippen LogP contribution in [0.2, 0.25) is 0 Å². The van der Waals surface area contributed by atoms with Gasteiger partial charge in [-0.3, -0.25) is 0 Å². The number of allylic oxidation sites excluding steroid dienone is 14. The highest BCUT2D eigenvalue weighted by atomic mass is 127. The number of fused-ring (bicyclic) bond motifs is 3. The maximum atomic E-state index is 2.60. The summed E-state index contributed by atoms with van der Waals surface area (Å²) in [5.41, 5.74) is 7.01. The fraction of sp³-hybridized carbons (Fsp3) is 0.440. The first-order valence-electron chi connectivity index (χ1n) is 10.1. The Morgan fingerprint density at radius 1 is 1.00 bits per heavy atom. The van der Waals surface area contributed by atoms with E-state index < -0.39 is 0 Å². The highest BCUT2D eigenvalue weighted by Crippen LogP contribution is 2.59. The molecular weight excluding hydrogens is 427 g/mol. The number of halogens is 1. The van der Waals surface area contributed by atoms with Crippen LogP contribution in [0.15, 0.2) is 80.6 Å². The molecule has 0 spiro atoms. The molecule has 0 amide bonds. The van der Waals surface area contributed by atoms with Crippen LogP contribution < -0.4 is 0 Å². The number of rotatable bonds is 1. The van der Waals surface area contributed by atoms with Crippen molar-refractivity contribution in [3.63, 3.8) is 0 Å². The molecule has 0 saturated carbocycles. The normalized spacial score (nSPS) is 36.8. The van der Waals surface area contributed by atoms with Crippen molar-refractivity contribution in [1.29, 1.82) is 0 Å². The van der Waals surface area contributed by atoms with Crippen LogP contribution >= 0.6 is 22.6 Å². The van der Waals surface area contributed by atoms with Crippen molar-refractivity contribution in [2.24, 2.45) is 29.1 Å². The molecular formula is C25H27I. The Labute approximate surface area is 171 Å². The van der Waals surface area contributed by atoms with Crippen molar-refractivity contribution in [2.75, 3.05) is 0 Å². The van der Waals surface area contributed by atoms with Gasteiger partial charge in [-0.1, -0.05) is 79.7 Å². The van der Waals surface area contributed by atoms with Gasteiger partial charge in [-0.2, -0.15) is 0 Å². The maximum absolute atomic E-state index is 2.60. The van der Waals surface area contributed by atoms with E-state index in [0.29, 0.717) is 17.3 Å². The molecule has 0 aliphatic heterocycles. The van der Waals surface area contributed by atoms with Crippen molar-refractivity contribution < 1.29 is 0 Å². The van der Waals surface area contributed by atoms with Crippen LogP contribution in [0.25, 0.3) is 0 Å². The molecule has 1 heteroatoms. The molecule has 5 aliphatic carbocycles. The molecule has 0 N–H and O–H groups in total. The molecule has 0 aromatic heterocycles. The minimum absolute atomic E-state index is 0.359. The molecule has 5 aliphatic rings. The first-order valence-corrected chi connectivity index (χ1v) is 11.2. The smallest absolute Gasteiger partial charge is 0.0165 e. The number of hydrogen-bond acceptors (Lipinski definition) is 0. The SMILES string of the molecule is CC1(C)C2=C(C=CCC2)[C@H]2CC=C(C3C=CC(I)=C4C=CC=CC43)CC21. The van der Waals surface area contributed by atoms with Crippen molar-refractivity contribution in [3.05, 3.63) is 80.6 Å². The highest BCUT2D eigenvalue weighted by molar-refractivity contribution is 14.1. The van der Waals surface area contributed by atoms with Gasteiger partial charge in [0.1, 0.15) is 0 Å². The van der Waals surface area contributed by atoms with Crippen LogP contribution in [0, 0.1) is 29.1 Å². The van der Waals surface area contributed by atoms with Crippen LogP contribution in [0.5, 0.6) is 0 Å². The van der Waals surface area contributed by atoms with Crippen LogP contribution in [0.1, 0.15) is 39.5 Å². The highest BCUT2D eigenvalue weighted by Gasteiger charge is 2.48. The lowest BCUT2D eigenvalue weighted by atomic mass is 9.64. The van der Waals surface area contributed by atoms with Crippen LogP contribution in [-0.2, 0) is 0 Å². The second-order valence-electron chi connectivity index (χ2n) is 8.99. The summed E-state index contributed by atoms with van der Waals surface area (Å²) in [4.78, 5) is 0. The van der Waals surface area contributed by atoms with Gasteiger partial charge in [0.15, 0.2) is 0 Å². The summed E-state index contributed by atoms with van der Waals surface area (Å²) >= 11 is 2.50. The molecule has 5 rings (SSSR count). The fourth-order valence-corrected chi connectivity index (χ4v) is 6.86. The summed E-state index contributed by atoms with van der Waals surface area (Å²) < 4.78 is 1.40. The molecule has 0 nitrogen and oxygen atoms in total. The van der Waals surface area contributed by atoms with E-state index >= 15 is 0 Å². The average molecular weight is 454 g/mol. The molecule has 3 unspecified atom stereocenters. The molecule has 0 fully saturated rings. The molecule has 0 heterocycles. The Balaban J connectivity index is 1.46. The topological polar surface area (TPSA) is 0 Å². The molecule has 0 aromatic carbocycles. The zero-order chi connectivity index (χ0) is 17.9. The Hall–Kier alpha value is -1.09. The lowest BCUT2D eigenvalue weighted by Gasteiger charge is -2.40. The van der Waals surface area contributed by atoms with E-state index in [9.17, 15) is 0 Å². The number of hydrogen-bond donors (Lipinski definition) is 0. The molecule has 26 heavy (non-hydrogen) atoms. The minimum Gasteiger partial charge on any atom is -0.0841 e. The molecule has 0 saturated heterocycles. The van der Waals surface area contributed by atoms with Crippen molar-refractivity contribution in [1.82, 2.24) is 0 Å². The lowest BCUT2D eigenvalue weighted by Crippen LogP contribution is -2.31. The van der Waals surface area contributed by atoms with E-state index in [1.807, 2.05) is 0 Å². The summed E-state index contributed by atoms with van der Waals surface area (Å²) in [6.07, 6.45) is 26.5. The molecule has 4 atom stereocenters. The van der Waals surface area contributed by atoms with E-state index in [1.54, 1.807) is 16.7 Å². The third kappa shape index (κ3) is 2.46.